The first-order valence-corrected chi connectivity index (χ1v) is 6.15. The van der Waals surface area contributed by atoms with Crippen molar-refractivity contribution in [2.24, 2.45) is 0 Å². The summed E-state index contributed by atoms with van der Waals surface area (Å²) in [4.78, 5) is 15.9. The molecule has 0 aliphatic rings. The predicted molar refractivity (Wildman–Crippen MR) is 75.5 cm³/mol. The van der Waals surface area contributed by atoms with Crippen molar-refractivity contribution in [1.82, 2.24) is 4.98 Å². The van der Waals surface area contributed by atoms with Gasteiger partial charge in [-0.2, -0.15) is 0 Å². The molecule has 4 nitrogen and oxygen atoms in total. The Morgan fingerprint density at radius 2 is 2.17 bits per heavy atom. The van der Waals surface area contributed by atoms with E-state index in [-0.39, 0.29) is 11.6 Å². The van der Waals surface area contributed by atoms with Crippen LogP contribution >= 0.6 is 15.9 Å². The molecule has 92 valence electrons. The molecule has 0 unspecified atom stereocenters. The van der Waals surface area contributed by atoms with Crippen LogP contribution < -0.4 is 11.1 Å². The summed E-state index contributed by atoms with van der Waals surface area (Å²) in [6, 6.07) is 8.91. The molecule has 3 N–H and O–H groups in total. The Hall–Kier alpha value is -1.88. The molecule has 0 fully saturated rings. The van der Waals surface area contributed by atoms with Crippen LogP contribution in [0.5, 0.6) is 0 Å². The van der Waals surface area contributed by atoms with Crippen LogP contribution in [0.3, 0.4) is 0 Å². The van der Waals surface area contributed by atoms with E-state index in [0.29, 0.717) is 11.4 Å². The average Bonchev–Trinajstić information content (AvgIpc) is 2.34. The van der Waals surface area contributed by atoms with Crippen LogP contribution in [0.15, 0.2) is 41.0 Å². The first kappa shape index (κ1) is 12.6. The molecule has 0 saturated carbocycles. The molecule has 1 heterocycles. The highest BCUT2D eigenvalue weighted by Gasteiger charge is 2.11. The fraction of sp³-hybridized carbons (Fsp3) is 0.0769. The highest BCUT2D eigenvalue weighted by Crippen LogP contribution is 2.20. The van der Waals surface area contributed by atoms with Crippen LogP contribution in [0.4, 0.5) is 11.4 Å². The summed E-state index contributed by atoms with van der Waals surface area (Å²) >= 11 is 3.41. The van der Waals surface area contributed by atoms with Crippen LogP contribution in [0.2, 0.25) is 0 Å². The van der Waals surface area contributed by atoms with Gasteiger partial charge in [-0.25, -0.2) is 4.98 Å². The summed E-state index contributed by atoms with van der Waals surface area (Å²) in [7, 11) is 0. The number of hydrogen-bond donors (Lipinski definition) is 2. The van der Waals surface area contributed by atoms with Gasteiger partial charge in [0.1, 0.15) is 0 Å². The lowest BCUT2D eigenvalue weighted by molar-refractivity contribution is 0.102. The van der Waals surface area contributed by atoms with Gasteiger partial charge in [0, 0.05) is 16.4 Å². The summed E-state index contributed by atoms with van der Waals surface area (Å²) in [5.41, 5.74) is 8.05. The van der Waals surface area contributed by atoms with Crippen LogP contribution in [-0.4, -0.2) is 10.9 Å². The average molecular weight is 306 g/mol. The van der Waals surface area contributed by atoms with Gasteiger partial charge in [0.2, 0.25) is 0 Å². The third-order valence-electron chi connectivity index (χ3n) is 2.47. The SMILES string of the molecule is Cc1cc(NC(=O)c2ncccc2N)ccc1Br. The lowest BCUT2D eigenvalue weighted by Crippen LogP contribution is -2.15. The van der Waals surface area contributed by atoms with Crippen molar-refractivity contribution in [3.63, 3.8) is 0 Å². The Morgan fingerprint density at radius 1 is 1.39 bits per heavy atom. The number of amides is 1. The number of nitrogens with one attached hydrogen (secondary N) is 1. The molecule has 0 spiro atoms. The number of hydrogen-bond acceptors (Lipinski definition) is 3. The van der Waals surface area contributed by atoms with Crippen molar-refractivity contribution in [2.45, 2.75) is 6.92 Å². The maximum Gasteiger partial charge on any atom is 0.276 e. The van der Waals surface area contributed by atoms with E-state index in [1.165, 1.54) is 6.20 Å². The van der Waals surface area contributed by atoms with E-state index in [1.807, 2.05) is 25.1 Å². The van der Waals surface area contributed by atoms with Crippen LogP contribution in [0.25, 0.3) is 0 Å². The minimum atomic E-state index is -0.310. The molecule has 0 saturated heterocycles. The number of nitrogen functional groups attached to an aromatic ring is 1. The molecule has 5 heteroatoms. The molecule has 0 radical (unpaired) electrons. The summed E-state index contributed by atoms with van der Waals surface area (Å²) in [5, 5.41) is 2.76. The Balaban J connectivity index is 2.22. The van der Waals surface area contributed by atoms with E-state index in [0.717, 1.165) is 10.0 Å². The maximum atomic E-state index is 12.0. The first-order valence-electron chi connectivity index (χ1n) is 5.36. The maximum absolute atomic E-state index is 12.0. The van der Waals surface area contributed by atoms with E-state index >= 15 is 0 Å². The number of carbonyl (C=O) groups is 1. The number of benzene rings is 1. The number of rotatable bonds is 2. The van der Waals surface area contributed by atoms with Gasteiger partial charge in [0.25, 0.3) is 5.91 Å². The molecule has 1 aromatic heterocycles. The van der Waals surface area contributed by atoms with Crippen LogP contribution in [0.1, 0.15) is 16.1 Å². The zero-order valence-electron chi connectivity index (χ0n) is 9.77. The van der Waals surface area contributed by atoms with Crippen molar-refractivity contribution in [1.29, 1.82) is 0 Å². The van der Waals surface area contributed by atoms with Crippen molar-refractivity contribution in [2.75, 3.05) is 11.1 Å². The van der Waals surface area contributed by atoms with Gasteiger partial charge in [0.15, 0.2) is 5.69 Å². The standard InChI is InChI=1S/C13H12BrN3O/c1-8-7-9(4-5-10(8)14)17-13(18)12-11(15)3-2-6-16-12/h2-7H,15H2,1H3,(H,17,18). The van der Waals surface area contributed by atoms with Gasteiger partial charge in [-0.05, 0) is 42.8 Å². The number of anilines is 2. The van der Waals surface area contributed by atoms with E-state index < -0.39 is 0 Å². The number of aryl methyl sites for hydroxylation is 1. The van der Waals surface area contributed by atoms with Crippen molar-refractivity contribution in [3.05, 3.63) is 52.3 Å². The molecule has 2 aromatic rings. The number of carbonyl (C=O) groups excluding carboxylic acids is 1. The minimum Gasteiger partial charge on any atom is -0.397 e. The molecule has 2 rings (SSSR count). The third-order valence-corrected chi connectivity index (χ3v) is 3.36. The number of nitrogens with two attached hydrogens (primary N) is 1. The number of pyridine rings is 1. The van der Waals surface area contributed by atoms with Gasteiger partial charge < -0.3 is 11.1 Å². The zero-order chi connectivity index (χ0) is 13.1. The minimum absolute atomic E-state index is 0.234. The van der Waals surface area contributed by atoms with Crippen LogP contribution in [0, 0.1) is 6.92 Å². The Kier molecular flexibility index (Phi) is 3.62. The Labute approximate surface area is 113 Å². The smallest absolute Gasteiger partial charge is 0.276 e. The third kappa shape index (κ3) is 2.68. The predicted octanol–water partition coefficient (Wildman–Crippen LogP) is 2.99. The van der Waals surface area contributed by atoms with Crippen LogP contribution in [-0.2, 0) is 0 Å². The second kappa shape index (κ2) is 5.18. The van der Waals surface area contributed by atoms with E-state index in [2.05, 4.69) is 26.2 Å². The van der Waals surface area contributed by atoms with Gasteiger partial charge in [-0.1, -0.05) is 15.9 Å². The summed E-state index contributed by atoms with van der Waals surface area (Å²) < 4.78 is 0.998. The summed E-state index contributed by atoms with van der Waals surface area (Å²) in [6.45, 7) is 1.95. The topological polar surface area (TPSA) is 68.0 Å². The lowest BCUT2D eigenvalue weighted by Gasteiger charge is -2.07. The normalized spacial score (nSPS) is 10.1. The Morgan fingerprint density at radius 3 is 2.83 bits per heavy atom. The highest BCUT2D eigenvalue weighted by molar-refractivity contribution is 9.10. The molecular weight excluding hydrogens is 294 g/mol. The summed E-state index contributed by atoms with van der Waals surface area (Å²) in [5.74, 6) is -0.310. The molecule has 1 aromatic carbocycles. The lowest BCUT2D eigenvalue weighted by atomic mass is 10.2. The first-order chi connectivity index (χ1) is 8.58. The van der Waals surface area contributed by atoms with Gasteiger partial charge in [-0.3, -0.25) is 4.79 Å². The van der Waals surface area contributed by atoms with Crippen molar-refractivity contribution in [3.8, 4) is 0 Å². The molecule has 0 aliphatic heterocycles. The molecule has 1 amide bonds. The van der Waals surface area contributed by atoms with Gasteiger partial charge in [0.05, 0.1) is 5.69 Å². The van der Waals surface area contributed by atoms with E-state index in [1.54, 1.807) is 12.1 Å². The Bertz CT molecular complexity index is 599. The van der Waals surface area contributed by atoms with Crippen molar-refractivity contribution >= 4 is 33.2 Å². The molecule has 0 aliphatic carbocycles. The van der Waals surface area contributed by atoms with Gasteiger partial charge >= 0.3 is 0 Å². The molecule has 0 atom stereocenters. The number of aromatic nitrogens is 1. The van der Waals surface area contributed by atoms with Gasteiger partial charge in [-0.15, -0.1) is 0 Å². The molecule has 18 heavy (non-hydrogen) atoms. The second-order valence-corrected chi connectivity index (χ2v) is 4.71. The van der Waals surface area contributed by atoms with Crippen molar-refractivity contribution < 1.29 is 4.79 Å². The quantitative estimate of drug-likeness (QED) is 0.896. The molecule has 0 bridgehead atoms. The second-order valence-electron chi connectivity index (χ2n) is 3.86. The van der Waals surface area contributed by atoms with E-state index in [4.69, 9.17) is 5.73 Å². The largest absolute Gasteiger partial charge is 0.397 e. The highest BCUT2D eigenvalue weighted by atomic mass is 79.9. The fourth-order valence-corrected chi connectivity index (χ4v) is 1.77. The summed E-state index contributed by atoms with van der Waals surface area (Å²) in [6.07, 6.45) is 1.54. The molecular formula is C13H12BrN3O. The number of nitrogens with zero attached hydrogens (tertiary/aromatic N) is 1. The van der Waals surface area contributed by atoms with E-state index in [9.17, 15) is 4.79 Å². The number of halogens is 1. The monoisotopic (exact) mass is 305 g/mol. The fourth-order valence-electron chi connectivity index (χ4n) is 1.52. The zero-order valence-corrected chi connectivity index (χ0v) is 11.4.